The summed E-state index contributed by atoms with van der Waals surface area (Å²) in [6, 6.07) is 18.5. The first kappa shape index (κ1) is 20.0. The van der Waals surface area contributed by atoms with Crippen molar-refractivity contribution < 1.29 is 18.8 Å². The number of hydrogen-bond acceptors (Lipinski definition) is 5. The summed E-state index contributed by atoms with van der Waals surface area (Å²) < 4.78 is 23.7. The van der Waals surface area contributed by atoms with Crippen LogP contribution in [0.1, 0.15) is 19.4 Å². The molecule has 0 bridgehead atoms. The van der Waals surface area contributed by atoms with E-state index in [1.54, 1.807) is 0 Å². The minimum absolute atomic E-state index is 0.0498. The van der Waals surface area contributed by atoms with Crippen molar-refractivity contribution in [2.45, 2.75) is 32.2 Å². The molecule has 0 N–H and O–H groups in total. The van der Waals surface area contributed by atoms with Crippen LogP contribution in [0.15, 0.2) is 66.9 Å². The molecule has 2 aliphatic rings. The van der Waals surface area contributed by atoms with Crippen LogP contribution in [0.5, 0.6) is 0 Å². The third-order valence-corrected chi connectivity index (χ3v) is 5.38. The van der Waals surface area contributed by atoms with Crippen LogP contribution >= 0.6 is 0 Å². The molecule has 2 heterocycles. The molecular weight excluding hydrogens is 365 g/mol. The van der Waals surface area contributed by atoms with E-state index < -0.39 is 12.7 Å². The number of nitrogens with zero attached hydrogens (tertiary/aromatic N) is 1. The maximum Gasteiger partial charge on any atom is 0.563 e. The molecule has 0 radical (unpaired) electrons. The van der Waals surface area contributed by atoms with E-state index in [0.717, 1.165) is 24.2 Å². The number of hydrogen-bond donors (Lipinski definition) is 0. The SMILES string of the molecule is C=C1OB(c2cccc(N3CCO[C@H](COCc4ccccc4)C3)c2)OC1(C)C. The molecule has 0 spiro atoms. The van der Waals surface area contributed by atoms with Gasteiger partial charge in [-0.25, -0.2) is 0 Å². The average Bonchev–Trinajstić information content (AvgIpc) is 3.02. The van der Waals surface area contributed by atoms with Crippen LogP contribution in [0.25, 0.3) is 0 Å². The standard InChI is InChI=1S/C23H28BNO4/c1-18-23(2,3)29-24(28-18)20-10-7-11-21(14-20)25-12-13-27-22(15-25)17-26-16-19-8-5-4-6-9-19/h4-11,14,22H,1,12-13,15-17H2,2-3H3/t22-/m0/s1. The molecular formula is C23H28BNO4. The fourth-order valence-corrected chi connectivity index (χ4v) is 3.57. The summed E-state index contributed by atoms with van der Waals surface area (Å²) >= 11 is 0. The van der Waals surface area contributed by atoms with Gasteiger partial charge in [0.05, 0.1) is 31.7 Å². The molecule has 2 fully saturated rings. The van der Waals surface area contributed by atoms with Gasteiger partial charge in [-0.15, -0.1) is 0 Å². The lowest BCUT2D eigenvalue weighted by atomic mass is 9.79. The van der Waals surface area contributed by atoms with Crippen LogP contribution in [0.3, 0.4) is 0 Å². The summed E-state index contributed by atoms with van der Waals surface area (Å²) in [4.78, 5) is 2.33. The molecule has 2 aromatic rings. The van der Waals surface area contributed by atoms with Crippen molar-refractivity contribution >= 4 is 18.3 Å². The van der Waals surface area contributed by atoms with Crippen LogP contribution in [0, 0.1) is 0 Å². The zero-order valence-corrected chi connectivity index (χ0v) is 17.2. The monoisotopic (exact) mass is 393 g/mol. The first-order valence-electron chi connectivity index (χ1n) is 10.1. The number of benzene rings is 2. The average molecular weight is 393 g/mol. The van der Waals surface area contributed by atoms with E-state index in [0.29, 0.717) is 25.6 Å². The Hall–Kier alpha value is -2.28. The van der Waals surface area contributed by atoms with Crippen LogP contribution < -0.4 is 10.4 Å². The summed E-state index contributed by atoms with van der Waals surface area (Å²) in [5, 5.41) is 0. The van der Waals surface area contributed by atoms with E-state index in [4.69, 9.17) is 18.8 Å². The number of rotatable bonds is 6. The maximum atomic E-state index is 6.02. The smallest absolute Gasteiger partial charge is 0.534 e. The molecule has 1 atom stereocenters. The summed E-state index contributed by atoms with van der Waals surface area (Å²) in [7, 11) is -0.413. The zero-order valence-electron chi connectivity index (χ0n) is 17.2. The summed E-state index contributed by atoms with van der Waals surface area (Å²) in [6.45, 7) is 11.4. The summed E-state index contributed by atoms with van der Waals surface area (Å²) in [5.41, 5.74) is 2.84. The number of ether oxygens (including phenoxy) is 2. The molecule has 4 rings (SSSR count). The van der Waals surface area contributed by atoms with Crippen LogP contribution in [-0.2, 0) is 25.4 Å². The predicted molar refractivity (Wildman–Crippen MR) is 115 cm³/mol. The molecule has 0 aliphatic carbocycles. The molecule has 152 valence electrons. The van der Waals surface area contributed by atoms with Crippen molar-refractivity contribution in [3.05, 3.63) is 72.5 Å². The molecule has 0 aromatic heterocycles. The topological polar surface area (TPSA) is 40.2 Å². The van der Waals surface area contributed by atoms with Crippen molar-refractivity contribution in [2.75, 3.05) is 31.2 Å². The Morgan fingerprint density at radius 1 is 1.17 bits per heavy atom. The van der Waals surface area contributed by atoms with Crippen molar-refractivity contribution in [1.82, 2.24) is 0 Å². The highest BCUT2D eigenvalue weighted by Crippen LogP contribution is 2.29. The molecule has 0 saturated carbocycles. The van der Waals surface area contributed by atoms with Gasteiger partial charge in [-0.05, 0) is 37.0 Å². The van der Waals surface area contributed by atoms with E-state index in [1.165, 1.54) is 5.56 Å². The maximum absolute atomic E-state index is 6.02. The normalized spacial score (nSPS) is 21.3. The summed E-state index contributed by atoms with van der Waals surface area (Å²) in [5.74, 6) is 0.662. The quantitative estimate of drug-likeness (QED) is 0.706. The van der Waals surface area contributed by atoms with Crippen molar-refractivity contribution in [2.24, 2.45) is 0 Å². The lowest BCUT2D eigenvalue weighted by Crippen LogP contribution is -2.45. The Morgan fingerprint density at radius 3 is 2.76 bits per heavy atom. The fraction of sp³-hybridized carbons (Fsp3) is 0.391. The van der Waals surface area contributed by atoms with Crippen LogP contribution in [0.4, 0.5) is 5.69 Å². The minimum Gasteiger partial charge on any atom is -0.534 e. The van der Waals surface area contributed by atoms with E-state index >= 15 is 0 Å². The Bertz CT molecular complexity index is 842. The Kier molecular flexibility index (Phi) is 5.95. The van der Waals surface area contributed by atoms with Gasteiger partial charge >= 0.3 is 7.12 Å². The van der Waals surface area contributed by atoms with E-state index in [2.05, 4.69) is 35.7 Å². The van der Waals surface area contributed by atoms with Crippen LogP contribution in [-0.4, -0.2) is 45.1 Å². The van der Waals surface area contributed by atoms with Crippen LogP contribution in [0.2, 0.25) is 0 Å². The lowest BCUT2D eigenvalue weighted by Gasteiger charge is -2.34. The Labute approximate surface area is 173 Å². The predicted octanol–water partition coefficient (Wildman–Crippen LogP) is 3.14. The van der Waals surface area contributed by atoms with Gasteiger partial charge < -0.3 is 23.7 Å². The molecule has 2 aliphatic heterocycles. The van der Waals surface area contributed by atoms with Gasteiger partial charge in [0.2, 0.25) is 0 Å². The first-order chi connectivity index (χ1) is 14.0. The second-order valence-corrected chi connectivity index (χ2v) is 8.04. The highest BCUT2D eigenvalue weighted by Gasteiger charge is 2.42. The number of anilines is 1. The fourth-order valence-electron chi connectivity index (χ4n) is 3.57. The van der Waals surface area contributed by atoms with Gasteiger partial charge in [0.15, 0.2) is 0 Å². The second-order valence-electron chi connectivity index (χ2n) is 8.04. The van der Waals surface area contributed by atoms with Crippen molar-refractivity contribution in [1.29, 1.82) is 0 Å². The Morgan fingerprint density at radius 2 is 2.00 bits per heavy atom. The summed E-state index contributed by atoms with van der Waals surface area (Å²) in [6.07, 6.45) is 0.0498. The van der Waals surface area contributed by atoms with Gasteiger partial charge in [0, 0.05) is 18.8 Å². The molecule has 29 heavy (non-hydrogen) atoms. The van der Waals surface area contributed by atoms with E-state index in [9.17, 15) is 0 Å². The highest BCUT2D eigenvalue weighted by molar-refractivity contribution is 6.62. The largest absolute Gasteiger partial charge is 0.563 e. The Balaban J connectivity index is 1.35. The molecule has 0 unspecified atom stereocenters. The van der Waals surface area contributed by atoms with Gasteiger partial charge in [0.1, 0.15) is 5.60 Å². The van der Waals surface area contributed by atoms with Gasteiger partial charge in [0.25, 0.3) is 0 Å². The first-order valence-corrected chi connectivity index (χ1v) is 10.1. The van der Waals surface area contributed by atoms with Gasteiger partial charge in [-0.1, -0.05) is 49.0 Å². The molecule has 6 heteroatoms. The lowest BCUT2D eigenvalue weighted by molar-refractivity contribution is -0.0283. The molecule has 5 nitrogen and oxygen atoms in total. The minimum atomic E-state index is -0.471. The van der Waals surface area contributed by atoms with Crippen molar-refractivity contribution in [3.8, 4) is 0 Å². The van der Waals surface area contributed by atoms with Gasteiger partial charge in [-0.3, -0.25) is 0 Å². The van der Waals surface area contributed by atoms with Gasteiger partial charge in [-0.2, -0.15) is 0 Å². The second kappa shape index (κ2) is 8.62. The van der Waals surface area contributed by atoms with E-state index in [1.807, 2.05) is 44.2 Å². The van der Waals surface area contributed by atoms with E-state index in [-0.39, 0.29) is 6.10 Å². The van der Waals surface area contributed by atoms with Crippen molar-refractivity contribution in [3.63, 3.8) is 0 Å². The third-order valence-electron chi connectivity index (χ3n) is 5.38. The zero-order chi connectivity index (χ0) is 20.3. The molecule has 0 amide bonds. The third kappa shape index (κ3) is 4.83. The molecule has 2 saturated heterocycles. The number of morpholine rings is 1. The molecule has 2 aromatic carbocycles. The highest BCUT2D eigenvalue weighted by atomic mass is 16.7.